The molecule has 0 saturated heterocycles. The number of aromatic nitrogens is 3. The Labute approximate surface area is 172 Å². The van der Waals surface area contributed by atoms with E-state index in [0.717, 1.165) is 17.5 Å². The summed E-state index contributed by atoms with van der Waals surface area (Å²) in [5, 5.41) is 5.00. The minimum atomic E-state index is -3.67. The number of nitrogens with zero attached hydrogens (tertiary/aromatic N) is 2. The fourth-order valence-corrected chi connectivity index (χ4v) is 3.99. The fourth-order valence-electron chi connectivity index (χ4n) is 2.39. The SMILES string of the molecule is C=C/C(=C\C=C(/C)Cl)n1nc(-c2cc(S(=O)(=O)NC3CC3)ccc2Cl)[nH]c1=O. The lowest BCUT2D eigenvalue weighted by Crippen LogP contribution is -2.25. The van der Waals surface area contributed by atoms with E-state index < -0.39 is 15.7 Å². The van der Waals surface area contributed by atoms with Crippen molar-refractivity contribution in [3.05, 3.63) is 63.5 Å². The summed E-state index contributed by atoms with van der Waals surface area (Å²) in [4.78, 5) is 15.0. The Kier molecular flexibility index (Phi) is 5.95. The van der Waals surface area contributed by atoms with Crippen molar-refractivity contribution >= 4 is 38.9 Å². The summed E-state index contributed by atoms with van der Waals surface area (Å²) >= 11 is 12.0. The topological polar surface area (TPSA) is 96.8 Å². The number of benzene rings is 1. The van der Waals surface area contributed by atoms with Crippen LogP contribution in [0.3, 0.4) is 0 Å². The van der Waals surface area contributed by atoms with Crippen LogP contribution in [-0.4, -0.2) is 29.2 Å². The second-order valence-electron chi connectivity index (χ2n) is 6.28. The second kappa shape index (κ2) is 8.08. The van der Waals surface area contributed by atoms with Crippen molar-refractivity contribution in [1.82, 2.24) is 19.5 Å². The molecule has 0 bridgehead atoms. The van der Waals surface area contributed by atoms with Gasteiger partial charge >= 0.3 is 5.69 Å². The van der Waals surface area contributed by atoms with Gasteiger partial charge in [-0.05, 0) is 56.2 Å². The van der Waals surface area contributed by atoms with Gasteiger partial charge in [-0.1, -0.05) is 29.8 Å². The highest BCUT2D eigenvalue weighted by molar-refractivity contribution is 7.89. The van der Waals surface area contributed by atoms with Gasteiger partial charge in [0.1, 0.15) is 0 Å². The Morgan fingerprint density at radius 2 is 2.11 bits per heavy atom. The lowest BCUT2D eigenvalue weighted by molar-refractivity contribution is 0.581. The summed E-state index contributed by atoms with van der Waals surface area (Å²) in [5.74, 6) is 0.137. The third kappa shape index (κ3) is 4.64. The molecule has 1 saturated carbocycles. The average Bonchev–Trinajstić information content (AvgIpc) is 3.35. The van der Waals surface area contributed by atoms with Crippen LogP contribution in [0.15, 0.2) is 57.7 Å². The number of hydrogen-bond donors (Lipinski definition) is 2. The first-order chi connectivity index (χ1) is 13.2. The monoisotopic (exact) mass is 440 g/mol. The number of H-pyrrole nitrogens is 1. The molecule has 1 aromatic carbocycles. The van der Waals surface area contributed by atoms with Crippen LogP contribution in [0, 0.1) is 0 Å². The average molecular weight is 441 g/mol. The Balaban J connectivity index is 2.04. The smallest absolute Gasteiger partial charge is 0.288 e. The number of aromatic amines is 1. The van der Waals surface area contributed by atoms with Crippen LogP contribution in [-0.2, 0) is 10.0 Å². The van der Waals surface area contributed by atoms with Crippen LogP contribution in [0.2, 0.25) is 5.02 Å². The summed E-state index contributed by atoms with van der Waals surface area (Å²) in [7, 11) is -3.67. The summed E-state index contributed by atoms with van der Waals surface area (Å²) in [6.07, 6.45) is 6.28. The fraction of sp³-hybridized carbons (Fsp3) is 0.222. The maximum atomic E-state index is 12.5. The maximum absolute atomic E-state index is 12.5. The normalized spacial score (nSPS) is 15.7. The molecule has 1 fully saturated rings. The quantitative estimate of drug-likeness (QED) is 0.643. The molecule has 1 aliphatic carbocycles. The van der Waals surface area contributed by atoms with E-state index in [9.17, 15) is 13.2 Å². The largest absolute Gasteiger partial charge is 0.348 e. The molecule has 1 aliphatic rings. The first-order valence-corrected chi connectivity index (χ1v) is 10.6. The number of sulfonamides is 1. The van der Waals surface area contributed by atoms with Crippen LogP contribution >= 0.6 is 23.2 Å². The predicted octanol–water partition coefficient (Wildman–Crippen LogP) is 3.50. The van der Waals surface area contributed by atoms with Gasteiger partial charge in [-0.25, -0.2) is 17.9 Å². The molecule has 1 aromatic heterocycles. The van der Waals surface area contributed by atoms with Crippen molar-refractivity contribution in [2.75, 3.05) is 0 Å². The lowest BCUT2D eigenvalue weighted by atomic mass is 10.2. The van der Waals surface area contributed by atoms with Gasteiger partial charge in [-0.3, -0.25) is 4.98 Å². The van der Waals surface area contributed by atoms with Crippen LogP contribution in [0.25, 0.3) is 17.1 Å². The van der Waals surface area contributed by atoms with Crippen molar-refractivity contribution in [1.29, 1.82) is 0 Å². The Morgan fingerprint density at radius 1 is 1.39 bits per heavy atom. The molecule has 0 unspecified atom stereocenters. The minimum absolute atomic E-state index is 0.0260. The number of rotatable bonds is 7. The van der Waals surface area contributed by atoms with Gasteiger partial charge in [-0.2, -0.15) is 4.68 Å². The minimum Gasteiger partial charge on any atom is -0.288 e. The first kappa shape index (κ1) is 20.6. The Bertz CT molecular complexity index is 1140. The summed E-state index contributed by atoms with van der Waals surface area (Å²) in [5.41, 5.74) is 0.161. The maximum Gasteiger partial charge on any atom is 0.348 e. The van der Waals surface area contributed by atoms with Gasteiger partial charge in [0.2, 0.25) is 10.0 Å². The van der Waals surface area contributed by atoms with Gasteiger partial charge in [0.05, 0.1) is 15.6 Å². The molecule has 148 valence electrons. The molecule has 28 heavy (non-hydrogen) atoms. The van der Waals surface area contributed by atoms with E-state index in [0.29, 0.717) is 16.3 Å². The highest BCUT2D eigenvalue weighted by Gasteiger charge is 2.28. The zero-order chi connectivity index (χ0) is 20.5. The third-order valence-corrected chi connectivity index (χ3v) is 5.93. The van der Waals surface area contributed by atoms with Crippen molar-refractivity contribution in [2.45, 2.75) is 30.7 Å². The molecular formula is C18H18Cl2N4O3S. The summed E-state index contributed by atoms with van der Waals surface area (Å²) in [6.45, 7) is 5.36. The van der Waals surface area contributed by atoms with E-state index in [-0.39, 0.29) is 21.8 Å². The molecule has 1 heterocycles. The molecule has 7 nitrogen and oxygen atoms in total. The van der Waals surface area contributed by atoms with Gasteiger partial charge < -0.3 is 0 Å². The molecule has 2 N–H and O–H groups in total. The Hall–Kier alpha value is -2.13. The standard InChI is InChI=1S/C18H18Cl2N4O3S/c1-3-13(7-4-11(2)19)24-18(25)21-17(22-24)15-10-14(8-9-16(15)20)28(26,27)23-12-5-6-12/h3-4,7-10,12,23H,1,5-6H2,2H3,(H,21,22,25)/b11-4+,13-7+. The van der Waals surface area contributed by atoms with Gasteiger partial charge in [0, 0.05) is 16.6 Å². The van der Waals surface area contributed by atoms with E-state index in [1.54, 1.807) is 19.1 Å². The molecule has 0 amide bonds. The molecule has 3 rings (SSSR count). The zero-order valence-electron chi connectivity index (χ0n) is 14.9. The predicted molar refractivity (Wildman–Crippen MR) is 111 cm³/mol. The van der Waals surface area contributed by atoms with E-state index >= 15 is 0 Å². The van der Waals surface area contributed by atoms with E-state index in [1.165, 1.54) is 24.3 Å². The van der Waals surface area contributed by atoms with E-state index in [4.69, 9.17) is 23.2 Å². The first-order valence-electron chi connectivity index (χ1n) is 8.40. The Morgan fingerprint density at radius 3 is 2.71 bits per heavy atom. The molecular weight excluding hydrogens is 423 g/mol. The summed E-state index contributed by atoms with van der Waals surface area (Å²) in [6, 6.07) is 4.23. The van der Waals surface area contributed by atoms with E-state index in [2.05, 4.69) is 21.4 Å². The van der Waals surface area contributed by atoms with Crippen molar-refractivity contribution in [3.63, 3.8) is 0 Å². The molecule has 0 aliphatic heterocycles. The number of nitrogens with one attached hydrogen (secondary N) is 2. The van der Waals surface area contributed by atoms with Gasteiger partial charge in [0.15, 0.2) is 5.82 Å². The molecule has 0 spiro atoms. The van der Waals surface area contributed by atoms with Crippen LogP contribution in [0.4, 0.5) is 0 Å². The summed E-state index contributed by atoms with van der Waals surface area (Å²) < 4.78 is 28.6. The molecule has 10 heteroatoms. The number of halogens is 2. The molecule has 0 atom stereocenters. The molecule has 2 aromatic rings. The van der Waals surface area contributed by atoms with Crippen LogP contribution in [0.1, 0.15) is 19.8 Å². The van der Waals surface area contributed by atoms with Crippen molar-refractivity contribution in [3.8, 4) is 11.4 Å². The van der Waals surface area contributed by atoms with E-state index in [1.807, 2.05) is 0 Å². The van der Waals surface area contributed by atoms with Gasteiger partial charge in [0.25, 0.3) is 0 Å². The van der Waals surface area contributed by atoms with Crippen LogP contribution < -0.4 is 10.4 Å². The lowest BCUT2D eigenvalue weighted by Gasteiger charge is -2.08. The van der Waals surface area contributed by atoms with Crippen molar-refractivity contribution in [2.24, 2.45) is 0 Å². The third-order valence-electron chi connectivity index (χ3n) is 3.96. The molecule has 0 radical (unpaired) electrons. The highest BCUT2D eigenvalue weighted by Crippen LogP contribution is 2.29. The number of hydrogen-bond acceptors (Lipinski definition) is 4. The highest BCUT2D eigenvalue weighted by atomic mass is 35.5. The second-order valence-corrected chi connectivity index (χ2v) is 8.99. The number of allylic oxidation sites excluding steroid dienone is 5. The van der Waals surface area contributed by atoms with Crippen molar-refractivity contribution < 1.29 is 8.42 Å². The van der Waals surface area contributed by atoms with Crippen LogP contribution in [0.5, 0.6) is 0 Å². The van der Waals surface area contributed by atoms with Gasteiger partial charge in [-0.15, -0.1) is 5.10 Å². The zero-order valence-corrected chi connectivity index (χ0v) is 17.3.